The number of ether oxygens (including phenoxy) is 1. The van der Waals surface area contributed by atoms with Gasteiger partial charge in [0, 0.05) is 6.04 Å². The van der Waals surface area contributed by atoms with Crippen LogP contribution < -0.4 is 10.5 Å². The van der Waals surface area contributed by atoms with Gasteiger partial charge < -0.3 is 10.5 Å². The van der Waals surface area contributed by atoms with Crippen LogP contribution in [0.25, 0.3) is 0 Å². The standard InChI is InChI=1S/C16H25BrN2O/c1-3-19-9-5-4-6-13(11-18)16(19)12-7-8-15(20-2)14(17)10-12/h7-8,10,13,16H,3-6,9,11,18H2,1-2H3. The third-order valence-corrected chi connectivity index (χ3v) is 4.96. The SMILES string of the molecule is CCN1CCCCC(CN)C1c1ccc(OC)c(Br)c1. The fourth-order valence-electron chi connectivity index (χ4n) is 3.27. The Balaban J connectivity index is 2.35. The van der Waals surface area contributed by atoms with Gasteiger partial charge in [0.1, 0.15) is 5.75 Å². The van der Waals surface area contributed by atoms with E-state index in [-0.39, 0.29) is 0 Å². The molecule has 1 aliphatic heterocycles. The van der Waals surface area contributed by atoms with Crippen molar-refractivity contribution in [2.45, 2.75) is 32.2 Å². The second-order valence-corrected chi connectivity index (χ2v) is 6.31. The Bertz CT molecular complexity index is 424. The van der Waals surface area contributed by atoms with Crippen LogP contribution in [0.2, 0.25) is 0 Å². The Kier molecular flexibility index (Phi) is 5.87. The molecule has 1 fully saturated rings. The van der Waals surface area contributed by atoms with Crippen molar-refractivity contribution in [3.63, 3.8) is 0 Å². The largest absolute Gasteiger partial charge is 0.496 e. The second kappa shape index (κ2) is 7.43. The molecule has 0 aromatic heterocycles. The number of benzene rings is 1. The fraction of sp³-hybridized carbons (Fsp3) is 0.625. The maximum absolute atomic E-state index is 6.05. The Hall–Kier alpha value is -0.580. The van der Waals surface area contributed by atoms with Crippen LogP contribution in [-0.2, 0) is 0 Å². The minimum atomic E-state index is 0.426. The monoisotopic (exact) mass is 340 g/mol. The van der Waals surface area contributed by atoms with Gasteiger partial charge in [-0.15, -0.1) is 0 Å². The first-order valence-corrected chi connectivity index (χ1v) is 8.28. The molecular weight excluding hydrogens is 316 g/mol. The highest BCUT2D eigenvalue weighted by Gasteiger charge is 2.29. The molecule has 0 bridgehead atoms. The first-order valence-electron chi connectivity index (χ1n) is 7.48. The van der Waals surface area contributed by atoms with E-state index in [1.165, 1.54) is 31.4 Å². The summed E-state index contributed by atoms with van der Waals surface area (Å²) < 4.78 is 6.35. The molecule has 0 radical (unpaired) electrons. The van der Waals surface area contributed by atoms with Gasteiger partial charge >= 0.3 is 0 Å². The summed E-state index contributed by atoms with van der Waals surface area (Å²) in [5, 5.41) is 0. The molecule has 20 heavy (non-hydrogen) atoms. The number of nitrogens with two attached hydrogens (primary N) is 1. The predicted octanol–water partition coefficient (Wildman–Crippen LogP) is 3.58. The van der Waals surface area contributed by atoms with E-state index in [9.17, 15) is 0 Å². The molecule has 1 aliphatic rings. The summed E-state index contributed by atoms with van der Waals surface area (Å²) in [6, 6.07) is 6.85. The summed E-state index contributed by atoms with van der Waals surface area (Å²) in [5.41, 5.74) is 7.39. The highest BCUT2D eigenvalue weighted by Crippen LogP contribution is 2.37. The number of methoxy groups -OCH3 is 1. The third kappa shape index (κ3) is 3.35. The Morgan fingerprint density at radius 2 is 2.20 bits per heavy atom. The summed E-state index contributed by atoms with van der Waals surface area (Å²) in [5.74, 6) is 1.42. The molecule has 1 saturated heterocycles. The molecule has 0 amide bonds. The molecule has 1 heterocycles. The maximum atomic E-state index is 6.05. The summed E-state index contributed by atoms with van der Waals surface area (Å²) >= 11 is 3.60. The highest BCUT2D eigenvalue weighted by molar-refractivity contribution is 9.10. The highest BCUT2D eigenvalue weighted by atomic mass is 79.9. The van der Waals surface area contributed by atoms with Crippen molar-refractivity contribution in [3.05, 3.63) is 28.2 Å². The summed E-state index contributed by atoms with van der Waals surface area (Å²) in [6.45, 7) is 5.24. The molecule has 0 saturated carbocycles. The van der Waals surface area contributed by atoms with Gasteiger partial charge in [-0.1, -0.05) is 19.4 Å². The van der Waals surface area contributed by atoms with Crippen molar-refractivity contribution >= 4 is 15.9 Å². The summed E-state index contributed by atoms with van der Waals surface area (Å²) in [4.78, 5) is 2.57. The second-order valence-electron chi connectivity index (χ2n) is 5.46. The number of rotatable bonds is 4. The number of halogens is 1. The van der Waals surface area contributed by atoms with E-state index in [1.807, 2.05) is 6.07 Å². The van der Waals surface area contributed by atoms with Crippen LogP contribution in [0.4, 0.5) is 0 Å². The molecular formula is C16H25BrN2O. The van der Waals surface area contributed by atoms with Crippen molar-refractivity contribution in [1.82, 2.24) is 4.90 Å². The first kappa shape index (κ1) is 15.8. The topological polar surface area (TPSA) is 38.5 Å². The zero-order chi connectivity index (χ0) is 14.5. The van der Waals surface area contributed by atoms with Crippen LogP contribution in [0.15, 0.2) is 22.7 Å². The first-order chi connectivity index (χ1) is 9.71. The van der Waals surface area contributed by atoms with Crippen LogP contribution in [0.3, 0.4) is 0 Å². The molecule has 0 spiro atoms. The molecule has 2 unspecified atom stereocenters. The predicted molar refractivity (Wildman–Crippen MR) is 87.1 cm³/mol. The van der Waals surface area contributed by atoms with E-state index in [0.29, 0.717) is 12.0 Å². The average molecular weight is 341 g/mol. The van der Waals surface area contributed by atoms with E-state index in [0.717, 1.165) is 23.3 Å². The van der Waals surface area contributed by atoms with Gasteiger partial charge in [-0.2, -0.15) is 0 Å². The zero-order valence-electron chi connectivity index (χ0n) is 12.4. The molecule has 3 nitrogen and oxygen atoms in total. The van der Waals surface area contributed by atoms with Crippen LogP contribution in [0.5, 0.6) is 5.75 Å². The van der Waals surface area contributed by atoms with Crippen molar-refractivity contribution < 1.29 is 4.74 Å². The Morgan fingerprint density at radius 1 is 1.40 bits per heavy atom. The average Bonchev–Trinajstić information content (AvgIpc) is 2.68. The molecule has 2 N–H and O–H groups in total. The molecule has 1 aromatic rings. The lowest BCUT2D eigenvalue weighted by atomic mass is 9.89. The van der Waals surface area contributed by atoms with E-state index < -0.39 is 0 Å². The summed E-state index contributed by atoms with van der Waals surface area (Å²) in [7, 11) is 1.70. The van der Waals surface area contributed by atoms with Crippen molar-refractivity contribution in [1.29, 1.82) is 0 Å². The van der Waals surface area contributed by atoms with Crippen molar-refractivity contribution in [3.8, 4) is 5.75 Å². The Labute approximate surface area is 130 Å². The smallest absolute Gasteiger partial charge is 0.133 e. The van der Waals surface area contributed by atoms with E-state index in [1.54, 1.807) is 7.11 Å². The number of likely N-dealkylation sites (tertiary alicyclic amines) is 1. The molecule has 0 aliphatic carbocycles. The molecule has 2 atom stereocenters. The molecule has 2 rings (SSSR count). The number of hydrogen-bond donors (Lipinski definition) is 1. The number of nitrogens with zero attached hydrogens (tertiary/aromatic N) is 1. The van der Waals surface area contributed by atoms with Gasteiger partial charge in [0.05, 0.1) is 11.6 Å². The molecule has 112 valence electrons. The quantitative estimate of drug-likeness (QED) is 0.910. The van der Waals surface area contributed by atoms with E-state index >= 15 is 0 Å². The maximum Gasteiger partial charge on any atom is 0.133 e. The van der Waals surface area contributed by atoms with E-state index in [2.05, 4.69) is 39.9 Å². The van der Waals surface area contributed by atoms with Gasteiger partial charge in [-0.3, -0.25) is 4.90 Å². The lowest BCUT2D eigenvalue weighted by Gasteiger charge is -2.34. The van der Waals surface area contributed by atoms with Crippen LogP contribution >= 0.6 is 15.9 Å². The van der Waals surface area contributed by atoms with Crippen LogP contribution in [-0.4, -0.2) is 31.6 Å². The molecule has 4 heteroatoms. The third-order valence-electron chi connectivity index (χ3n) is 4.34. The molecule has 1 aromatic carbocycles. The fourth-order valence-corrected chi connectivity index (χ4v) is 3.83. The normalized spacial score (nSPS) is 24.4. The van der Waals surface area contributed by atoms with Gasteiger partial charge in [-0.05, 0) is 72.0 Å². The minimum Gasteiger partial charge on any atom is -0.496 e. The number of hydrogen-bond acceptors (Lipinski definition) is 3. The Morgan fingerprint density at radius 3 is 2.80 bits per heavy atom. The van der Waals surface area contributed by atoms with Gasteiger partial charge in [-0.25, -0.2) is 0 Å². The van der Waals surface area contributed by atoms with E-state index in [4.69, 9.17) is 10.5 Å². The van der Waals surface area contributed by atoms with Gasteiger partial charge in [0.25, 0.3) is 0 Å². The van der Waals surface area contributed by atoms with Crippen LogP contribution in [0.1, 0.15) is 37.8 Å². The van der Waals surface area contributed by atoms with Crippen molar-refractivity contribution in [2.24, 2.45) is 11.7 Å². The summed E-state index contributed by atoms with van der Waals surface area (Å²) in [6.07, 6.45) is 3.78. The van der Waals surface area contributed by atoms with Gasteiger partial charge in [0.2, 0.25) is 0 Å². The minimum absolute atomic E-state index is 0.426. The van der Waals surface area contributed by atoms with Crippen molar-refractivity contribution in [2.75, 3.05) is 26.7 Å². The van der Waals surface area contributed by atoms with Crippen LogP contribution in [0, 0.1) is 5.92 Å². The lowest BCUT2D eigenvalue weighted by molar-refractivity contribution is 0.166. The zero-order valence-corrected chi connectivity index (χ0v) is 14.0. The van der Waals surface area contributed by atoms with Gasteiger partial charge in [0.15, 0.2) is 0 Å². The lowest BCUT2D eigenvalue weighted by Crippen LogP contribution is -2.35.